The lowest BCUT2D eigenvalue weighted by Crippen LogP contribution is -1.77. The van der Waals surface area contributed by atoms with Crippen LogP contribution in [0.5, 0.6) is 0 Å². The number of fused-ring (bicyclic) bond motifs is 18. The summed E-state index contributed by atoms with van der Waals surface area (Å²) in [6.45, 7) is 5.25. The van der Waals surface area contributed by atoms with Gasteiger partial charge in [-0.15, -0.1) is 6.58 Å². The van der Waals surface area contributed by atoms with Crippen LogP contribution in [0.25, 0.3) is 66.8 Å². The molecule has 0 bridgehead atoms. The second-order valence-electron chi connectivity index (χ2n) is 21.4. The summed E-state index contributed by atoms with van der Waals surface area (Å²) in [6, 6.07) is 104. The fraction of sp³-hybridized carbons (Fsp3) is 0.0864. The first-order valence-corrected chi connectivity index (χ1v) is 28.7. The van der Waals surface area contributed by atoms with Gasteiger partial charge in [0.25, 0.3) is 0 Å². The number of hydrogen-bond acceptors (Lipinski definition) is 0. The molecule has 0 heteroatoms. The van der Waals surface area contributed by atoms with Crippen molar-refractivity contribution in [2.75, 3.05) is 0 Å². The first-order chi connectivity index (χ1) is 40.1. The molecule has 0 fully saturated rings. The van der Waals surface area contributed by atoms with Crippen LogP contribution in [0.3, 0.4) is 0 Å². The molecule has 0 saturated carbocycles. The van der Waals surface area contributed by atoms with E-state index in [1.807, 2.05) is 6.92 Å². The highest BCUT2D eigenvalue weighted by Gasteiger charge is 2.21. The van der Waals surface area contributed by atoms with Crippen molar-refractivity contribution >= 4 is 0 Å². The smallest absolute Gasteiger partial charge is 0.00135 e. The Bertz CT molecular complexity index is 3210. The van der Waals surface area contributed by atoms with Crippen LogP contribution < -0.4 is 0 Å². The Hall–Kier alpha value is -9.62. The molecule has 12 aromatic rings. The third kappa shape index (κ3) is 11.3. The topological polar surface area (TPSA) is 0 Å². The van der Waals surface area contributed by atoms with Crippen LogP contribution in [0, 0.1) is 0 Å². The van der Waals surface area contributed by atoms with Gasteiger partial charge in [-0.25, -0.2) is 0 Å². The second kappa shape index (κ2) is 24.6. The first-order valence-electron chi connectivity index (χ1n) is 28.7. The lowest BCUT2D eigenvalue weighted by Gasteiger charge is -1.98. The van der Waals surface area contributed by atoms with E-state index >= 15 is 0 Å². The molecule has 0 nitrogen and oxygen atoms in total. The largest absolute Gasteiger partial charge is 0.103 e. The van der Waals surface area contributed by atoms with Gasteiger partial charge in [0.15, 0.2) is 0 Å². The maximum atomic E-state index is 3.36. The van der Waals surface area contributed by atoms with Gasteiger partial charge in [0.05, 0.1) is 0 Å². The molecule has 6 aliphatic carbocycles. The molecule has 390 valence electrons. The molecule has 0 unspecified atom stereocenters. The van der Waals surface area contributed by atoms with Gasteiger partial charge in [0.1, 0.15) is 0 Å². The van der Waals surface area contributed by atoms with Crippen molar-refractivity contribution in [2.24, 2.45) is 0 Å². The standard InChI is InChI=1S/6C13H10.C3H6/c6*1-3-7-12-10(5-1)9-11-6-2-4-8-13(11)12;1-3-2/h6*1-8H,9H2;3H,1H2,2H3. The first kappa shape index (κ1) is 52.1. The molecular weight excluding hydrogens is 973 g/mol. The molecule has 12 aromatic carbocycles. The van der Waals surface area contributed by atoms with Crippen LogP contribution in [0.2, 0.25) is 0 Å². The van der Waals surface area contributed by atoms with Crippen molar-refractivity contribution in [1.29, 1.82) is 0 Å². The zero-order chi connectivity index (χ0) is 54.7. The summed E-state index contributed by atoms with van der Waals surface area (Å²) in [4.78, 5) is 0. The van der Waals surface area contributed by atoms with Crippen LogP contribution in [0.15, 0.2) is 304 Å². The summed E-state index contributed by atoms with van der Waals surface area (Å²) in [6.07, 6.45) is 8.37. The van der Waals surface area contributed by atoms with Gasteiger partial charge in [-0.2, -0.15) is 0 Å². The minimum atomic E-state index is 1.10. The Balaban J connectivity index is 0.0000000955. The molecule has 0 atom stereocenters. The summed E-state index contributed by atoms with van der Waals surface area (Å²) >= 11 is 0. The molecule has 0 radical (unpaired) electrons. The van der Waals surface area contributed by atoms with Crippen molar-refractivity contribution in [1.82, 2.24) is 0 Å². The third-order valence-electron chi connectivity index (χ3n) is 16.2. The molecule has 18 rings (SSSR count). The highest BCUT2D eigenvalue weighted by Crippen LogP contribution is 2.40. The van der Waals surface area contributed by atoms with Gasteiger partial charge in [-0.3, -0.25) is 0 Å². The Morgan fingerprint density at radius 2 is 0.247 bits per heavy atom. The monoisotopic (exact) mass is 1040 g/mol. The summed E-state index contributed by atoms with van der Waals surface area (Å²) < 4.78 is 0. The van der Waals surface area contributed by atoms with E-state index in [2.05, 4.69) is 298 Å². The van der Waals surface area contributed by atoms with Crippen LogP contribution in [-0.2, 0) is 38.5 Å². The fourth-order valence-corrected chi connectivity index (χ4v) is 12.5. The van der Waals surface area contributed by atoms with Crippen LogP contribution in [-0.4, -0.2) is 0 Å². The highest BCUT2D eigenvalue weighted by atomic mass is 14.2. The zero-order valence-corrected chi connectivity index (χ0v) is 46.2. The van der Waals surface area contributed by atoms with E-state index < -0.39 is 0 Å². The van der Waals surface area contributed by atoms with Crippen molar-refractivity contribution in [2.45, 2.75) is 45.4 Å². The lowest BCUT2D eigenvalue weighted by molar-refractivity contribution is 1.26. The Kier molecular flexibility index (Phi) is 15.8. The van der Waals surface area contributed by atoms with Crippen molar-refractivity contribution in [3.8, 4) is 66.8 Å². The molecule has 0 saturated heterocycles. The number of allylic oxidation sites excluding steroid dienone is 1. The van der Waals surface area contributed by atoms with E-state index in [-0.39, 0.29) is 0 Å². The third-order valence-corrected chi connectivity index (χ3v) is 16.2. The van der Waals surface area contributed by atoms with Gasteiger partial charge in [-0.05, 0) is 179 Å². The predicted octanol–water partition coefficient (Wildman–Crippen LogP) is 20.7. The minimum absolute atomic E-state index is 1.10. The molecule has 0 amide bonds. The zero-order valence-electron chi connectivity index (χ0n) is 46.2. The Morgan fingerprint density at radius 3 is 0.333 bits per heavy atom. The summed E-state index contributed by atoms with van der Waals surface area (Å²) in [5.41, 5.74) is 34.5. The SMILES string of the molecule is C=CC.c1ccc2c(c1)Cc1ccccc1-2.c1ccc2c(c1)Cc1ccccc1-2.c1ccc2c(c1)Cc1ccccc1-2.c1ccc2c(c1)Cc1ccccc1-2.c1ccc2c(c1)Cc1ccccc1-2.c1ccc2c(c1)Cc1ccccc1-2. The van der Waals surface area contributed by atoms with Crippen LogP contribution in [0.4, 0.5) is 0 Å². The fourth-order valence-electron chi connectivity index (χ4n) is 12.5. The van der Waals surface area contributed by atoms with Gasteiger partial charge in [0.2, 0.25) is 0 Å². The molecule has 0 spiro atoms. The maximum Gasteiger partial charge on any atom is -0.00135 e. The normalized spacial score (nSPS) is 12.0. The predicted molar refractivity (Wildman–Crippen MR) is 344 cm³/mol. The average Bonchev–Trinajstić information content (AvgIpc) is 4.54. The molecule has 6 aliphatic rings. The number of benzene rings is 12. The van der Waals surface area contributed by atoms with Crippen molar-refractivity contribution < 1.29 is 0 Å². The minimum Gasteiger partial charge on any atom is -0.103 e. The molecule has 0 heterocycles. The van der Waals surface area contributed by atoms with E-state index in [1.165, 1.54) is 134 Å². The van der Waals surface area contributed by atoms with E-state index in [4.69, 9.17) is 0 Å². The van der Waals surface area contributed by atoms with Gasteiger partial charge < -0.3 is 0 Å². The molecule has 0 aliphatic heterocycles. The summed E-state index contributed by atoms with van der Waals surface area (Å²) in [5, 5.41) is 0. The van der Waals surface area contributed by atoms with Crippen molar-refractivity contribution in [3.05, 3.63) is 371 Å². The van der Waals surface area contributed by atoms with Crippen LogP contribution >= 0.6 is 0 Å². The van der Waals surface area contributed by atoms with Crippen LogP contribution in [0.1, 0.15) is 73.7 Å². The molecular formula is C81H66. The lowest BCUT2D eigenvalue weighted by atomic mass is 10.1. The number of rotatable bonds is 0. The second-order valence-corrected chi connectivity index (χ2v) is 21.4. The maximum absolute atomic E-state index is 3.36. The Labute approximate surface area is 480 Å². The van der Waals surface area contributed by atoms with E-state index in [1.54, 1.807) is 6.08 Å². The van der Waals surface area contributed by atoms with E-state index in [0.717, 1.165) is 38.5 Å². The van der Waals surface area contributed by atoms with Gasteiger partial charge in [-0.1, -0.05) is 297 Å². The van der Waals surface area contributed by atoms with Crippen molar-refractivity contribution in [3.63, 3.8) is 0 Å². The average molecular weight is 1040 g/mol. The summed E-state index contributed by atoms with van der Waals surface area (Å²) in [5.74, 6) is 0. The molecule has 0 N–H and O–H groups in total. The molecule has 0 aromatic heterocycles. The quantitative estimate of drug-likeness (QED) is 0.133. The number of hydrogen-bond donors (Lipinski definition) is 0. The van der Waals surface area contributed by atoms with Gasteiger partial charge >= 0.3 is 0 Å². The highest BCUT2D eigenvalue weighted by molar-refractivity contribution is 5.81. The Morgan fingerprint density at radius 1 is 0.173 bits per heavy atom. The summed E-state index contributed by atoms with van der Waals surface area (Å²) in [7, 11) is 0. The van der Waals surface area contributed by atoms with Gasteiger partial charge in [0, 0.05) is 0 Å². The van der Waals surface area contributed by atoms with E-state index in [9.17, 15) is 0 Å². The molecule has 81 heavy (non-hydrogen) atoms. The van der Waals surface area contributed by atoms with E-state index in [0.29, 0.717) is 0 Å².